The molecule has 2 N–H and O–H groups in total. The van der Waals surface area contributed by atoms with E-state index >= 15 is 0 Å². The van der Waals surface area contributed by atoms with Crippen LogP contribution in [0, 0.1) is 0 Å². The number of hydrogen-bond acceptors (Lipinski definition) is 4. The van der Waals surface area contributed by atoms with Crippen molar-refractivity contribution in [3.8, 4) is 5.75 Å². The molecule has 124 valence electrons. The number of thiophene rings is 1. The molecule has 2 amide bonds. The van der Waals surface area contributed by atoms with Gasteiger partial charge in [-0.1, -0.05) is 24.3 Å². The van der Waals surface area contributed by atoms with Gasteiger partial charge in [0.25, 0.3) is 11.8 Å². The Morgan fingerprint density at radius 2 is 1.83 bits per heavy atom. The van der Waals surface area contributed by atoms with Gasteiger partial charge in [0.1, 0.15) is 12.4 Å². The largest absolute Gasteiger partial charge is 0.488 e. The molecule has 0 fully saturated rings. The van der Waals surface area contributed by atoms with E-state index in [0.29, 0.717) is 30.0 Å². The first-order chi connectivity index (χ1) is 11.7. The van der Waals surface area contributed by atoms with E-state index in [1.807, 2.05) is 41.8 Å². The second-order valence-electron chi connectivity index (χ2n) is 5.34. The molecule has 5 nitrogen and oxygen atoms in total. The summed E-state index contributed by atoms with van der Waals surface area (Å²) in [6, 6.07) is 11.3. The first-order valence-electron chi connectivity index (χ1n) is 7.76. The number of carbonyl (C=O) groups excluding carboxylic acids is 2. The molecule has 3 rings (SSSR count). The Bertz CT molecular complexity index is 753. The summed E-state index contributed by atoms with van der Waals surface area (Å²) in [5.41, 5.74) is 1.52. The summed E-state index contributed by atoms with van der Waals surface area (Å²) in [5, 5.41) is 7.56. The SMILES string of the molecule is O=C(NCCCNC(=O)c1cccs1)C1=Cc2ccccc2OC1. The maximum atomic E-state index is 12.1. The zero-order valence-electron chi connectivity index (χ0n) is 13.1. The monoisotopic (exact) mass is 342 g/mol. The van der Waals surface area contributed by atoms with Gasteiger partial charge in [0.05, 0.1) is 10.5 Å². The normalized spacial score (nSPS) is 12.6. The molecule has 0 bridgehead atoms. The number of hydrogen-bond donors (Lipinski definition) is 2. The number of carbonyl (C=O) groups is 2. The van der Waals surface area contributed by atoms with Crippen molar-refractivity contribution in [3.63, 3.8) is 0 Å². The smallest absolute Gasteiger partial charge is 0.261 e. The van der Waals surface area contributed by atoms with E-state index in [9.17, 15) is 9.59 Å². The average molecular weight is 342 g/mol. The molecular formula is C18H18N2O3S. The molecule has 0 saturated carbocycles. The van der Waals surface area contributed by atoms with Crippen LogP contribution in [0.1, 0.15) is 21.7 Å². The fourth-order valence-corrected chi connectivity index (χ4v) is 2.99. The Morgan fingerprint density at radius 3 is 2.62 bits per heavy atom. The van der Waals surface area contributed by atoms with Crippen LogP contribution in [0.15, 0.2) is 47.4 Å². The van der Waals surface area contributed by atoms with E-state index in [0.717, 1.165) is 11.3 Å². The zero-order valence-corrected chi connectivity index (χ0v) is 13.9. The first kappa shape index (κ1) is 16.3. The molecule has 0 unspecified atom stereocenters. The Balaban J connectivity index is 1.40. The van der Waals surface area contributed by atoms with Crippen molar-refractivity contribution in [2.24, 2.45) is 0 Å². The van der Waals surface area contributed by atoms with Crippen molar-refractivity contribution in [2.75, 3.05) is 19.7 Å². The van der Waals surface area contributed by atoms with Crippen molar-refractivity contribution in [1.82, 2.24) is 10.6 Å². The molecule has 1 aromatic carbocycles. The summed E-state index contributed by atoms with van der Waals surface area (Å²) in [4.78, 5) is 24.6. The summed E-state index contributed by atoms with van der Waals surface area (Å²) in [7, 11) is 0. The van der Waals surface area contributed by atoms with Gasteiger partial charge >= 0.3 is 0 Å². The fraction of sp³-hybridized carbons (Fsp3) is 0.222. The standard InChI is InChI=1S/C18H18N2O3S/c21-17(14-11-13-5-1-2-6-15(13)23-12-14)19-8-4-9-20-18(22)16-7-3-10-24-16/h1-3,5-7,10-11H,4,8-9,12H2,(H,19,21)(H,20,22). The van der Waals surface area contributed by atoms with Gasteiger partial charge in [0.15, 0.2) is 0 Å². The third-order valence-corrected chi connectivity index (χ3v) is 4.46. The average Bonchev–Trinajstić information content (AvgIpc) is 3.15. The topological polar surface area (TPSA) is 67.4 Å². The minimum Gasteiger partial charge on any atom is -0.488 e. The molecule has 1 aliphatic rings. The number of ether oxygens (including phenoxy) is 1. The minimum absolute atomic E-state index is 0.0728. The molecule has 0 atom stereocenters. The molecular weight excluding hydrogens is 324 g/mol. The highest BCUT2D eigenvalue weighted by Crippen LogP contribution is 2.25. The van der Waals surface area contributed by atoms with E-state index in [4.69, 9.17) is 4.74 Å². The molecule has 0 radical (unpaired) electrons. The van der Waals surface area contributed by atoms with Crippen LogP contribution in [-0.2, 0) is 4.79 Å². The second-order valence-corrected chi connectivity index (χ2v) is 6.29. The third-order valence-electron chi connectivity index (χ3n) is 3.59. The lowest BCUT2D eigenvalue weighted by Crippen LogP contribution is -2.32. The van der Waals surface area contributed by atoms with Crippen molar-refractivity contribution < 1.29 is 14.3 Å². The van der Waals surface area contributed by atoms with Gasteiger partial charge in [0.2, 0.25) is 0 Å². The van der Waals surface area contributed by atoms with Gasteiger partial charge < -0.3 is 15.4 Å². The van der Waals surface area contributed by atoms with Gasteiger partial charge in [-0.25, -0.2) is 0 Å². The predicted molar refractivity (Wildman–Crippen MR) is 94.2 cm³/mol. The number of nitrogens with one attached hydrogen (secondary N) is 2. The van der Waals surface area contributed by atoms with Gasteiger partial charge in [0, 0.05) is 18.7 Å². The van der Waals surface area contributed by atoms with Crippen LogP contribution < -0.4 is 15.4 Å². The zero-order chi connectivity index (χ0) is 16.8. The first-order valence-corrected chi connectivity index (χ1v) is 8.64. The maximum absolute atomic E-state index is 12.1. The maximum Gasteiger partial charge on any atom is 0.261 e. The van der Waals surface area contributed by atoms with Crippen molar-refractivity contribution in [1.29, 1.82) is 0 Å². The molecule has 0 spiro atoms. The van der Waals surface area contributed by atoms with Crippen molar-refractivity contribution >= 4 is 29.2 Å². The van der Waals surface area contributed by atoms with Crippen LogP contribution in [0.2, 0.25) is 0 Å². The quantitative estimate of drug-likeness (QED) is 0.793. The highest BCUT2D eigenvalue weighted by atomic mass is 32.1. The Labute approximate surface area is 144 Å². The second kappa shape index (κ2) is 7.79. The van der Waals surface area contributed by atoms with E-state index in [-0.39, 0.29) is 18.4 Å². The number of benzene rings is 1. The summed E-state index contributed by atoms with van der Waals surface area (Å²) in [6.07, 6.45) is 2.53. The fourth-order valence-electron chi connectivity index (χ4n) is 2.35. The number of rotatable bonds is 6. The summed E-state index contributed by atoms with van der Waals surface area (Å²) in [6.45, 7) is 1.30. The summed E-state index contributed by atoms with van der Waals surface area (Å²) < 4.78 is 5.57. The van der Waals surface area contributed by atoms with Crippen LogP contribution in [0.4, 0.5) is 0 Å². The molecule has 1 aliphatic heterocycles. The lowest BCUT2D eigenvalue weighted by Gasteiger charge is -2.17. The summed E-state index contributed by atoms with van der Waals surface area (Å²) >= 11 is 1.41. The molecule has 24 heavy (non-hydrogen) atoms. The van der Waals surface area contributed by atoms with E-state index < -0.39 is 0 Å². The van der Waals surface area contributed by atoms with Crippen LogP contribution in [0.3, 0.4) is 0 Å². The number of amides is 2. The van der Waals surface area contributed by atoms with E-state index in [1.165, 1.54) is 11.3 Å². The highest BCUT2D eigenvalue weighted by molar-refractivity contribution is 7.12. The minimum atomic E-state index is -0.130. The Morgan fingerprint density at radius 1 is 1.04 bits per heavy atom. The number of fused-ring (bicyclic) bond motifs is 1. The molecule has 1 aromatic heterocycles. The van der Waals surface area contributed by atoms with Crippen molar-refractivity contribution in [2.45, 2.75) is 6.42 Å². The third kappa shape index (κ3) is 4.02. The van der Waals surface area contributed by atoms with Gasteiger partial charge in [-0.3, -0.25) is 9.59 Å². The van der Waals surface area contributed by atoms with Crippen LogP contribution in [-0.4, -0.2) is 31.5 Å². The number of para-hydroxylation sites is 1. The van der Waals surface area contributed by atoms with Crippen LogP contribution in [0.5, 0.6) is 5.75 Å². The summed E-state index contributed by atoms with van der Waals surface area (Å²) in [5.74, 6) is 0.593. The highest BCUT2D eigenvalue weighted by Gasteiger charge is 2.16. The van der Waals surface area contributed by atoms with Gasteiger partial charge in [-0.2, -0.15) is 0 Å². The van der Waals surface area contributed by atoms with Gasteiger partial charge in [-0.05, 0) is 30.0 Å². The Kier molecular flexibility index (Phi) is 5.28. The van der Waals surface area contributed by atoms with E-state index in [1.54, 1.807) is 6.07 Å². The molecule has 0 aliphatic carbocycles. The van der Waals surface area contributed by atoms with Gasteiger partial charge in [-0.15, -0.1) is 11.3 Å². The Hall–Kier alpha value is -2.60. The molecule has 0 saturated heterocycles. The lowest BCUT2D eigenvalue weighted by atomic mass is 10.1. The van der Waals surface area contributed by atoms with Crippen LogP contribution >= 0.6 is 11.3 Å². The van der Waals surface area contributed by atoms with Crippen LogP contribution in [0.25, 0.3) is 6.08 Å². The molecule has 6 heteroatoms. The van der Waals surface area contributed by atoms with E-state index in [2.05, 4.69) is 10.6 Å². The van der Waals surface area contributed by atoms with Crippen molar-refractivity contribution in [3.05, 3.63) is 57.8 Å². The molecule has 2 aromatic rings. The predicted octanol–water partition coefficient (Wildman–Crippen LogP) is 2.46. The lowest BCUT2D eigenvalue weighted by molar-refractivity contribution is -0.117. The molecule has 2 heterocycles.